The van der Waals surface area contributed by atoms with Crippen molar-refractivity contribution in [2.75, 3.05) is 7.11 Å². The summed E-state index contributed by atoms with van der Waals surface area (Å²) >= 11 is 5.95. The van der Waals surface area contributed by atoms with Crippen molar-refractivity contribution < 1.29 is 9.15 Å². The maximum atomic E-state index is 5.95. The number of ether oxygens (including phenoxy) is 1. The number of halogens is 1. The van der Waals surface area contributed by atoms with Crippen LogP contribution in [0.1, 0.15) is 0 Å². The lowest BCUT2D eigenvalue weighted by atomic mass is 10.2. The van der Waals surface area contributed by atoms with Crippen LogP contribution in [0, 0.1) is 0 Å². The zero-order valence-electron chi connectivity index (χ0n) is 7.53. The van der Waals surface area contributed by atoms with E-state index in [1.807, 2.05) is 6.07 Å². The van der Waals surface area contributed by atoms with Crippen LogP contribution in [0.25, 0.3) is 11.5 Å². The molecule has 0 saturated heterocycles. The molecule has 1 aromatic carbocycles. The summed E-state index contributed by atoms with van der Waals surface area (Å²) in [5.74, 6) is 1.19. The topological polar surface area (TPSA) is 35.3 Å². The highest BCUT2D eigenvalue weighted by Crippen LogP contribution is 2.29. The first-order valence-corrected chi connectivity index (χ1v) is 4.42. The minimum absolute atomic E-state index is 0.545. The van der Waals surface area contributed by atoms with E-state index in [2.05, 4.69) is 4.98 Å². The molecule has 0 atom stereocenters. The van der Waals surface area contributed by atoms with Gasteiger partial charge < -0.3 is 9.15 Å². The van der Waals surface area contributed by atoms with Gasteiger partial charge >= 0.3 is 0 Å². The second-order valence-electron chi connectivity index (χ2n) is 2.69. The van der Waals surface area contributed by atoms with Gasteiger partial charge in [-0.05, 0) is 18.2 Å². The summed E-state index contributed by atoms with van der Waals surface area (Å²) in [5.41, 5.74) is 0.834. The van der Waals surface area contributed by atoms with Crippen molar-refractivity contribution >= 4 is 11.6 Å². The zero-order valence-corrected chi connectivity index (χ0v) is 8.28. The molecule has 0 aliphatic carbocycles. The Labute approximate surface area is 86.3 Å². The predicted molar refractivity (Wildman–Crippen MR) is 53.5 cm³/mol. The quantitative estimate of drug-likeness (QED) is 0.763. The molecule has 0 unspecified atom stereocenters. The van der Waals surface area contributed by atoms with Crippen LogP contribution in [-0.4, -0.2) is 12.1 Å². The van der Waals surface area contributed by atoms with Crippen molar-refractivity contribution in [2.24, 2.45) is 0 Å². The van der Waals surface area contributed by atoms with Gasteiger partial charge in [-0.25, -0.2) is 4.98 Å². The number of nitrogens with zero attached hydrogens (tertiary/aromatic N) is 1. The highest BCUT2D eigenvalue weighted by atomic mass is 35.5. The molecule has 0 radical (unpaired) electrons. The van der Waals surface area contributed by atoms with Crippen LogP contribution in [0.3, 0.4) is 0 Å². The van der Waals surface area contributed by atoms with E-state index in [0.717, 1.165) is 5.56 Å². The fourth-order valence-corrected chi connectivity index (χ4v) is 1.42. The summed E-state index contributed by atoms with van der Waals surface area (Å²) in [4.78, 5) is 4.02. The third-order valence-corrected chi connectivity index (χ3v) is 2.13. The maximum Gasteiger partial charge on any atom is 0.225 e. The van der Waals surface area contributed by atoms with Gasteiger partial charge in [0, 0.05) is 5.56 Å². The molecule has 1 heterocycles. The summed E-state index contributed by atoms with van der Waals surface area (Å²) in [6, 6.07) is 5.38. The molecule has 0 aliphatic heterocycles. The van der Waals surface area contributed by atoms with E-state index in [4.69, 9.17) is 20.8 Å². The van der Waals surface area contributed by atoms with Gasteiger partial charge in [-0.2, -0.15) is 0 Å². The third-order valence-electron chi connectivity index (χ3n) is 1.83. The lowest BCUT2D eigenvalue weighted by Gasteiger charge is -2.03. The first-order valence-electron chi connectivity index (χ1n) is 4.04. The minimum Gasteiger partial charge on any atom is -0.495 e. The summed E-state index contributed by atoms with van der Waals surface area (Å²) in [6.07, 6.45) is 3.11. The van der Waals surface area contributed by atoms with E-state index in [9.17, 15) is 0 Å². The van der Waals surface area contributed by atoms with Gasteiger partial charge in [-0.15, -0.1) is 0 Å². The summed E-state index contributed by atoms with van der Waals surface area (Å²) < 4.78 is 10.2. The number of rotatable bonds is 2. The Morgan fingerprint density at radius 3 is 2.86 bits per heavy atom. The lowest BCUT2D eigenvalue weighted by molar-refractivity contribution is 0.415. The Bertz CT molecular complexity index is 426. The van der Waals surface area contributed by atoms with Crippen LogP contribution in [0.5, 0.6) is 5.75 Å². The molecule has 0 spiro atoms. The van der Waals surface area contributed by atoms with Crippen LogP contribution in [0.2, 0.25) is 5.02 Å². The number of methoxy groups -OCH3 is 1. The highest BCUT2D eigenvalue weighted by Gasteiger charge is 2.06. The molecule has 2 aromatic rings. The number of hydrogen-bond donors (Lipinski definition) is 0. The van der Waals surface area contributed by atoms with E-state index >= 15 is 0 Å². The van der Waals surface area contributed by atoms with Crippen LogP contribution >= 0.6 is 11.6 Å². The highest BCUT2D eigenvalue weighted by molar-refractivity contribution is 6.32. The van der Waals surface area contributed by atoms with E-state index in [-0.39, 0.29) is 0 Å². The molecular weight excluding hydrogens is 202 g/mol. The molecular formula is C10H8ClNO2. The third kappa shape index (κ3) is 1.59. The van der Waals surface area contributed by atoms with E-state index in [1.165, 1.54) is 6.26 Å². The molecule has 14 heavy (non-hydrogen) atoms. The average Bonchev–Trinajstić information content (AvgIpc) is 2.70. The number of aromatic nitrogens is 1. The van der Waals surface area contributed by atoms with Crippen molar-refractivity contribution in [3.63, 3.8) is 0 Å². The second-order valence-corrected chi connectivity index (χ2v) is 3.09. The molecule has 3 nitrogen and oxygen atoms in total. The zero-order chi connectivity index (χ0) is 9.97. The summed E-state index contributed by atoms with van der Waals surface area (Å²) in [7, 11) is 1.58. The van der Waals surface area contributed by atoms with Crippen molar-refractivity contribution in [1.82, 2.24) is 4.98 Å². The normalized spacial score (nSPS) is 10.1. The SMILES string of the molecule is COc1ccc(-c2ncco2)cc1Cl. The fourth-order valence-electron chi connectivity index (χ4n) is 1.17. The Morgan fingerprint density at radius 1 is 1.43 bits per heavy atom. The lowest BCUT2D eigenvalue weighted by Crippen LogP contribution is -1.84. The molecule has 72 valence electrons. The molecule has 0 N–H and O–H groups in total. The molecule has 4 heteroatoms. The van der Waals surface area contributed by atoms with E-state index in [1.54, 1.807) is 25.4 Å². The van der Waals surface area contributed by atoms with Crippen molar-refractivity contribution in [2.45, 2.75) is 0 Å². The minimum atomic E-state index is 0.545. The first-order chi connectivity index (χ1) is 6.81. The monoisotopic (exact) mass is 209 g/mol. The molecule has 0 saturated carbocycles. The standard InChI is InChI=1S/C10H8ClNO2/c1-13-9-3-2-7(6-8(9)11)10-12-4-5-14-10/h2-6H,1H3. The van der Waals surface area contributed by atoms with Gasteiger partial charge in [0.25, 0.3) is 0 Å². The fraction of sp³-hybridized carbons (Fsp3) is 0.100. The van der Waals surface area contributed by atoms with Gasteiger partial charge in [0.05, 0.1) is 18.3 Å². The number of benzene rings is 1. The molecule has 0 aliphatic rings. The maximum absolute atomic E-state index is 5.95. The van der Waals surface area contributed by atoms with Gasteiger partial charge in [0.2, 0.25) is 5.89 Å². The number of hydrogen-bond acceptors (Lipinski definition) is 3. The molecule has 2 rings (SSSR count). The van der Waals surface area contributed by atoms with Crippen LogP contribution in [-0.2, 0) is 0 Å². The van der Waals surface area contributed by atoms with Crippen molar-refractivity contribution in [3.8, 4) is 17.2 Å². The average molecular weight is 210 g/mol. The van der Waals surface area contributed by atoms with Crippen LogP contribution in [0.15, 0.2) is 35.1 Å². The Kier molecular flexibility index (Phi) is 2.41. The molecule has 0 fully saturated rings. The van der Waals surface area contributed by atoms with Crippen LogP contribution < -0.4 is 4.74 Å². The van der Waals surface area contributed by atoms with Gasteiger partial charge in [-0.1, -0.05) is 11.6 Å². The van der Waals surface area contributed by atoms with Crippen molar-refractivity contribution in [3.05, 3.63) is 35.7 Å². The van der Waals surface area contributed by atoms with Gasteiger partial charge in [0.1, 0.15) is 12.0 Å². The van der Waals surface area contributed by atoms with Crippen molar-refractivity contribution in [1.29, 1.82) is 0 Å². The van der Waals surface area contributed by atoms with Gasteiger partial charge in [-0.3, -0.25) is 0 Å². The summed E-state index contributed by atoms with van der Waals surface area (Å²) in [5, 5.41) is 0.545. The smallest absolute Gasteiger partial charge is 0.225 e. The predicted octanol–water partition coefficient (Wildman–Crippen LogP) is 3.00. The summed E-state index contributed by atoms with van der Waals surface area (Å²) in [6.45, 7) is 0. The first kappa shape index (κ1) is 9.09. The Balaban J connectivity index is 2.43. The largest absolute Gasteiger partial charge is 0.495 e. The van der Waals surface area contributed by atoms with Crippen LogP contribution in [0.4, 0.5) is 0 Å². The molecule has 0 bridgehead atoms. The molecule has 0 amide bonds. The second kappa shape index (κ2) is 3.72. The van der Waals surface area contributed by atoms with E-state index < -0.39 is 0 Å². The Hall–Kier alpha value is -1.48. The van der Waals surface area contributed by atoms with Gasteiger partial charge in [0.15, 0.2) is 0 Å². The Morgan fingerprint density at radius 2 is 2.29 bits per heavy atom. The number of oxazole rings is 1. The molecule has 1 aromatic heterocycles. The van der Waals surface area contributed by atoms with E-state index in [0.29, 0.717) is 16.7 Å².